The predicted molar refractivity (Wildman–Crippen MR) is 197 cm³/mol. The van der Waals surface area contributed by atoms with Gasteiger partial charge in [0.15, 0.2) is 12.6 Å². The molecule has 0 radical (unpaired) electrons. The van der Waals surface area contributed by atoms with Crippen LogP contribution in [0.5, 0.6) is 0 Å². The Labute approximate surface area is 324 Å². The summed E-state index contributed by atoms with van der Waals surface area (Å²) in [7, 11) is 0. The van der Waals surface area contributed by atoms with Crippen LogP contribution in [0.3, 0.4) is 0 Å². The molecule has 3 saturated heterocycles. The number of fused-ring (bicyclic) bond motifs is 4. The number of allylic oxidation sites excluding steroid dienone is 2. The van der Waals surface area contributed by atoms with Crippen LogP contribution in [-0.2, 0) is 38.0 Å². The summed E-state index contributed by atoms with van der Waals surface area (Å²) in [4.78, 5) is 26.4. The quantitative estimate of drug-likeness (QED) is 0.169. The van der Waals surface area contributed by atoms with Crippen molar-refractivity contribution in [3.63, 3.8) is 0 Å². The van der Waals surface area contributed by atoms with Crippen molar-refractivity contribution in [2.45, 2.75) is 173 Å². The van der Waals surface area contributed by atoms with E-state index in [2.05, 4.69) is 40.3 Å². The molecule has 17 unspecified atom stereocenters. The second kappa shape index (κ2) is 14.4. The van der Waals surface area contributed by atoms with Gasteiger partial charge in [-0.1, -0.05) is 44.9 Å². The normalized spacial score (nSPS) is 49.4. The molecule has 0 bridgehead atoms. The lowest BCUT2D eigenvalue weighted by Crippen LogP contribution is -2.63. The fourth-order valence-electron chi connectivity index (χ4n) is 13.0. The first kappa shape index (κ1) is 41.2. The number of aliphatic hydroxyl groups is 5. The maximum Gasteiger partial charge on any atom is 0.313 e. The SMILES string of the molecule is C=C(C)CC(CC1(C)OC(=O)C23CCC4C(=CCC5C(C)(C)C(OC6OCC(O)C(O)C6OC6OCC(O)C(O)C6O)CCC45C)C2(C)CCC13)OC(C)=O. The van der Waals surface area contributed by atoms with Crippen molar-refractivity contribution in [1.29, 1.82) is 0 Å². The first-order valence-corrected chi connectivity index (χ1v) is 20.4. The monoisotopic (exact) mass is 776 g/mol. The van der Waals surface area contributed by atoms with E-state index in [9.17, 15) is 35.1 Å². The van der Waals surface area contributed by atoms with Crippen molar-refractivity contribution >= 4 is 11.9 Å². The largest absolute Gasteiger partial charge is 0.462 e. The Morgan fingerprint density at radius 1 is 0.873 bits per heavy atom. The smallest absolute Gasteiger partial charge is 0.313 e. The van der Waals surface area contributed by atoms with Gasteiger partial charge in [-0.25, -0.2) is 0 Å². The molecular weight excluding hydrogens is 712 g/mol. The number of hydrogen-bond acceptors (Lipinski definition) is 13. The second-order valence-corrected chi connectivity index (χ2v) is 19.3. The van der Waals surface area contributed by atoms with E-state index >= 15 is 0 Å². The van der Waals surface area contributed by atoms with E-state index in [1.807, 2.05) is 13.8 Å². The van der Waals surface area contributed by atoms with Gasteiger partial charge in [0.05, 0.1) is 24.7 Å². The first-order valence-electron chi connectivity index (χ1n) is 20.4. The summed E-state index contributed by atoms with van der Waals surface area (Å²) in [6.07, 6.45) is -2.38. The lowest BCUT2D eigenvalue weighted by Gasteiger charge is -2.64. The van der Waals surface area contributed by atoms with Crippen LogP contribution in [-0.4, -0.2) is 118 Å². The third kappa shape index (κ3) is 6.46. The molecule has 0 aromatic carbocycles. The van der Waals surface area contributed by atoms with Crippen LogP contribution in [0.25, 0.3) is 0 Å². The Morgan fingerprint density at radius 2 is 1.55 bits per heavy atom. The zero-order valence-electron chi connectivity index (χ0n) is 33.6. The van der Waals surface area contributed by atoms with E-state index in [-0.39, 0.29) is 65.3 Å². The molecule has 3 saturated carbocycles. The van der Waals surface area contributed by atoms with Crippen molar-refractivity contribution in [3.8, 4) is 0 Å². The van der Waals surface area contributed by atoms with Crippen molar-refractivity contribution in [2.75, 3.05) is 13.2 Å². The van der Waals surface area contributed by atoms with Gasteiger partial charge in [-0.05, 0) is 81.5 Å². The molecule has 3 aliphatic heterocycles. The zero-order chi connectivity index (χ0) is 40.0. The summed E-state index contributed by atoms with van der Waals surface area (Å²) in [5, 5.41) is 52.2. The van der Waals surface area contributed by atoms with Crippen molar-refractivity contribution in [3.05, 3.63) is 23.8 Å². The highest BCUT2D eigenvalue weighted by atomic mass is 16.7. The number of cyclic esters (lactones) is 1. The van der Waals surface area contributed by atoms with Crippen LogP contribution in [0.1, 0.15) is 106 Å². The average Bonchev–Trinajstić information content (AvgIpc) is 3.53. The molecule has 1 spiro atoms. The second-order valence-electron chi connectivity index (χ2n) is 19.3. The number of carbonyl (C=O) groups is 2. The van der Waals surface area contributed by atoms with Gasteiger partial charge in [-0.2, -0.15) is 0 Å². The lowest BCUT2D eigenvalue weighted by molar-refractivity contribution is -0.355. The van der Waals surface area contributed by atoms with E-state index < -0.39 is 66.3 Å². The van der Waals surface area contributed by atoms with Gasteiger partial charge in [-0.15, -0.1) is 6.58 Å². The fraction of sp³-hybridized carbons (Fsp3) is 0.857. The molecule has 6 fully saturated rings. The molecule has 310 valence electrons. The van der Waals surface area contributed by atoms with Crippen LogP contribution in [0, 0.1) is 39.4 Å². The van der Waals surface area contributed by atoms with Gasteiger partial charge >= 0.3 is 11.9 Å². The summed E-state index contributed by atoms with van der Waals surface area (Å²) in [6, 6.07) is 0. The van der Waals surface area contributed by atoms with Crippen LogP contribution in [0.15, 0.2) is 23.8 Å². The molecule has 7 aliphatic rings. The van der Waals surface area contributed by atoms with Gasteiger partial charge in [-0.3, -0.25) is 9.59 Å². The molecule has 55 heavy (non-hydrogen) atoms. The third-order valence-electron chi connectivity index (χ3n) is 15.6. The van der Waals surface area contributed by atoms with Crippen molar-refractivity contribution < 1.29 is 63.5 Å². The minimum Gasteiger partial charge on any atom is -0.462 e. The number of rotatable bonds is 9. The molecule has 0 aromatic rings. The molecule has 5 N–H and O–H groups in total. The summed E-state index contributed by atoms with van der Waals surface area (Å²) in [5.74, 6) is 0.0172. The van der Waals surface area contributed by atoms with Crippen LogP contribution < -0.4 is 0 Å². The molecule has 4 aliphatic carbocycles. The van der Waals surface area contributed by atoms with Gasteiger partial charge in [0.1, 0.15) is 48.3 Å². The molecule has 13 nitrogen and oxygen atoms in total. The summed E-state index contributed by atoms with van der Waals surface area (Å²) in [6.45, 7) is 18.1. The topological polar surface area (TPSA) is 191 Å². The number of carbonyl (C=O) groups excluding carboxylic acids is 2. The van der Waals surface area contributed by atoms with Crippen molar-refractivity contribution in [1.82, 2.24) is 0 Å². The fourth-order valence-corrected chi connectivity index (χ4v) is 13.0. The van der Waals surface area contributed by atoms with Gasteiger partial charge in [0.25, 0.3) is 0 Å². The maximum absolute atomic E-state index is 14.4. The molecular formula is C42H64O13. The summed E-state index contributed by atoms with van der Waals surface area (Å²) < 4.78 is 36.2. The minimum atomic E-state index is -1.59. The summed E-state index contributed by atoms with van der Waals surface area (Å²) in [5.41, 5.74) is 0.0869. The Kier molecular flexibility index (Phi) is 10.8. The van der Waals surface area contributed by atoms with Crippen LogP contribution in [0.2, 0.25) is 0 Å². The van der Waals surface area contributed by atoms with Gasteiger partial charge in [0, 0.05) is 31.1 Å². The van der Waals surface area contributed by atoms with Gasteiger partial charge < -0.3 is 54.0 Å². The minimum absolute atomic E-state index is 0.00150. The predicted octanol–water partition coefficient (Wildman–Crippen LogP) is 3.46. The molecule has 0 aromatic heterocycles. The standard InChI is InChI=1S/C42H64O13/c1-21(2)17-23(52-22(3)43)18-41(8)29-12-15-40(7)25-9-10-28-38(4,5)30(13-14-39(28,6)24(25)11-16-42(29,40)37(49)55-41)53-36-34(32(47)27(45)20-51-36)54-35-33(48)31(46)26(44)19-50-35/h9,23-24,26-36,44-48H,1,10-20H2,2-8H3. The van der Waals surface area contributed by atoms with E-state index in [0.29, 0.717) is 19.3 Å². The maximum atomic E-state index is 14.4. The average molecular weight is 777 g/mol. The van der Waals surface area contributed by atoms with E-state index in [0.717, 1.165) is 44.1 Å². The zero-order valence-corrected chi connectivity index (χ0v) is 33.6. The number of aliphatic hydroxyl groups excluding tert-OH is 5. The first-order chi connectivity index (χ1) is 25.7. The highest BCUT2D eigenvalue weighted by molar-refractivity contribution is 5.83. The van der Waals surface area contributed by atoms with Crippen LogP contribution >= 0.6 is 0 Å². The molecule has 17 atom stereocenters. The Bertz CT molecular complexity index is 1530. The molecule has 13 heteroatoms. The van der Waals surface area contributed by atoms with Crippen LogP contribution in [0.4, 0.5) is 0 Å². The molecule has 3 heterocycles. The van der Waals surface area contributed by atoms with Gasteiger partial charge in [0.2, 0.25) is 0 Å². The highest BCUT2D eigenvalue weighted by Crippen LogP contribution is 2.76. The number of esters is 2. The molecule has 0 amide bonds. The Morgan fingerprint density at radius 3 is 2.22 bits per heavy atom. The van der Waals surface area contributed by atoms with E-state index in [4.69, 9.17) is 28.4 Å². The third-order valence-corrected chi connectivity index (χ3v) is 15.6. The Hall–Kier alpha value is -1.94. The van der Waals surface area contributed by atoms with E-state index in [1.54, 1.807) is 0 Å². The number of ether oxygens (including phenoxy) is 6. The lowest BCUT2D eigenvalue weighted by atomic mass is 9.41. The van der Waals surface area contributed by atoms with Crippen molar-refractivity contribution in [2.24, 2.45) is 39.4 Å². The number of hydrogen-bond donors (Lipinski definition) is 5. The Balaban J connectivity index is 1.11. The summed E-state index contributed by atoms with van der Waals surface area (Å²) >= 11 is 0. The highest BCUT2D eigenvalue weighted by Gasteiger charge is 2.76. The molecule has 7 rings (SSSR count). The van der Waals surface area contributed by atoms with E-state index in [1.165, 1.54) is 12.5 Å².